The van der Waals surface area contributed by atoms with Gasteiger partial charge in [0.2, 0.25) is 11.8 Å². The summed E-state index contributed by atoms with van der Waals surface area (Å²) in [6.45, 7) is 6.09. The highest BCUT2D eigenvalue weighted by atomic mass is 32.1. The molecule has 2 unspecified atom stereocenters. The SMILES string of the molecule is CCC(C)NC(=O)CCNC(=O)C(CC)C(N)=S. The Balaban J connectivity index is 3.93. The summed E-state index contributed by atoms with van der Waals surface area (Å²) in [7, 11) is 0. The largest absolute Gasteiger partial charge is 0.393 e. The molecule has 0 aromatic carbocycles. The van der Waals surface area contributed by atoms with Gasteiger partial charge in [0, 0.05) is 19.0 Å². The van der Waals surface area contributed by atoms with Crippen molar-refractivity contribution < 1.29 is 9.59 Å². The van der Waals surface area contributed by atoms with Crippen LogP contribution in [0.4, 0.5) is 0 Å². The fourth-order valence-corrected chi connectivity index (χ4v) is 1.66. The molecule has 5 nitrogen and oxygen atoms in total. The minimum Gasteiger partial charge on any atom is -0.393 e. The van der Waals surface area contributed by atoms with Crippen LogP contribution in [0.1, 0.15) is 40.0 Å². The predicted molar refractivity (Wildman–Crippen MR) is 76.1 cm³/mol. The fraction of sp³-hybridized carbons (Fsp3) is 0.750. The number of nitrogens with one attached hydrogen (secondary N) is 2. The van der Waals surface area contributed by atoms with Gasteiger partial charge in [-0.3, -0.25) is 9.59 Å². The Hall–Kier alpha value is -1.17. The molecule has 0 aromatic heterocycles. The molecule has 6 heteroatoms. The average Bonchev–Trinajstić information content (AvgIpc) is 2.29. The van der Waals surface area contributed by atoms with Gasteiger partial charge in [-0.25, -0.2) is 0 Å². The van der Waals surface area contributed by atoms with E-state index in [0.29, 0.717) is 13.0 Å². The molecule has 0 bridgehead atoms. The van der Waals surface area contributed by atoms with E-state index < -0.39 is 5.92 Å². The zero-order valence-corrected chi connectivity index (χ0v) is 12.1. The highest BCUT2D eigenvalue weighted by molar-refractivity contribution is 7.80. The lowest BCUT2D eigenvalue weighted by molar-refractivity contribution is -0.123. The van der Waals surface area contributed by atoms with Gasteiger partial charge in [0.15, 0.2) is 0 Å². The molecule has 0 aliphatic rings. The third kappa shape index (κ3) is 6.54. The molecule has 18 heavy (non-hydrogen) atoms. The van der Waals surface area contributed by atoms with Gasteiger partial charge in [-0.2, -0.15) is 0 Å². The summed E-state index contributed by atoms with van der Waals surface area (Å²) in [5, 5.41) is 5.50. The predicted octanol–water partition coefficient (Wildman–Crippen LogP) is 0.720. The number of thiocarbonyl (C=S) groups is 1. The molecule has 2 atom stereocenters. The van der Waals surface area contributed by atoms with Crippen molar-refractivity contribution in [1.29, 1.82) is 0 Å². The van der Waals surface area contributed by atoms with Crippen LogP contribution in [0.15, 0.2) is 0 Å². The summed E-state index contributed by atoms with van der Waals surface area (Å²) in [5.41, 5.74) is 5.45. The first kappa shape index (κ1) is 16.8. The van der Waals surface area contributed by atoms with Crippen molar-refractivity contribution in [3.8, 4) is 0 Å². The third-order valence-corrected chi connectivity index (χ3v) is 3.02. The first-order valence-corrected chi connectivity index (χ1v) is 6.69. The maximum atomic E-state index is 11.7. The minimum atomic E-state index is -0.447. The van der Waals surface area contributed by atoms with Crippen LogP contribution in [0.2, 0.25) is 0 Å². The van der Waals surface area contributed by atoms with Gasteiger partial charge in [0.25, 0.3) is 0 Å². The third-order valence-electron chi connectivity index (χ3n) is 2.74. The van der Waals surface area contributed by atoms with E-state index in [1.807, 2.05) is 20.8 Å². The molecule has 104 valence electrons. The van der Waals surface area contributed by atoms with Crippen LogP contribution in [0.5, 0.6) is 0 Å². The first-order chi connectivity index (χ1) is 8.42. The van der Waals surface area contributed by atoms with Gasteiger partial charge < -0.3 is 16.4 Å². The molecule has 0 fully saturated rings. The molecular formula is C12H23N3O2S. The second-order valence-corrected chi connectivity index (χ2v) is 4.75. The van der Waals surface area contributed by atoms with E-state index in [9.17, 15) is 9.59 Å². The lowest BCUT2D eigenvalue weighted by Gasteiger charge is -2.14. The Bertz CT molecular complexity index is 308. The Morgan fingerprint density at radius 2 is 1.89 bits per heavy atom. The summed E-state index contributed by atoms with van der Waals surface area (Å²) in [4.78, 5) is 23.3. The van der Waals surface area contributed by atoms with E-state index in [-0.39, 0.29) is 29.3 Å². The monoisotopic (exact) mass is 273 g/mol. The van der Waals surface area contributed by atoms with Crippen LogP contribution in [-0.4, -0.2) is 29.4 Å². The van der Waals surface area contributed by atoms with Gasteiger partial charge in [-0.15, -0.1) is 0 Å². The zero-order chi connectivity index (χ0) is 14.1. The summed E-state index contributed by atoms with van der Waals surface area (Å²) in [6, 6.07) is 0.160. The van der Waals surface area contributed by atoms with Crippen LogP contribution < -0.4 is 16.4 Å². The molecule has 4 N–H and O–H groups in total. The van der Waals surface area contributed by atoms with Gasteiger partial charge >= 0.3 is 0 Å². The van der Waals surface area contributed by atoms with E-state index in [4.69, 9.17) is 18.0 Å². The molecule has 0 heterocycles. The van der Waals surface area contributed by atoms with Crippen molar-refractivity contribution in [2.24, 2.45) is 11.7 Å². The Morgan fingerprint density at radius 1 is 1.28 bits per heavy atom. The standard InChI is InChI=1S/C12H23N3O2S/c1-4-8(3)15-10(16)6-7-14-12(17)9(5-2)11(13)18/h8-9H,4-7H2,1-3H3,(H2,13,18)(H,14,17)(H,15,16). The summed E-state index contributed by atoms with van der Waals surface area (Å²) >= 11 is 4.80. The number of carbonyl (C=O) groups is 2. The number of hydrogen-bond acceptors (Lipinski definition) is 3. The summed E-state index contributed by atoms with van der Waals surface area (Å²) in [5.74, 6) is -0.716. The molecular weight excluding hydrogens is 250 g/mol. The molecule has 0 spiro atoms. The highest BCUT2D eigenvalue weighted by Crippen LogP contribution is 2.02. The van der Waals surface area contributed by atoms with Gasteiger partial charge in [-0.05, 0) is 19.8 Å². The van der Waals surface area contributed by atoms with Gasteiger partial charge in [0.1, 0.15) is 0 Å². The number of hydrogen-bond donors (Lipinski definition) is 3. The Labute approximate surface area is 114 Å². The van der Waals surface area contributed by atoms with Gasteiger partial charge in [-0.1, -0.05) is 26.1 Å². The van der Waals surface area contributed by atoms with Gasteiger partial charge in [0.05, 0.1) is 10.9 Å². The smallest absolute Gasteiger partial charge is 0.229 e. The molecule has 0 aliphatic heterocycles. The van der Waals surface area contributed by atoms with Crippen LogP contribution >= 0.6 is 12.2 Å². The highest BCUT2D eigenvalue weighted by Gasteiger charge is 2.18. The molecule has 0 saturated carbocycles. The average molecular weight is 273 g/mol. The second-order valence-electron chi connectivity index (χ2n) is 4.28. The minimum absolute atomic E-state index is 0.0620. The normalized spacial score (nSPS) is 13.5. The van der Waals surface area contributed by atoms with Crippen molar-refractivity contribution in [2.75, 3.05) is 6.54 Å². The molecule has 0 aromatic rings. The quantitative estimate of drug-likeness (QED) is 0.569. The van der Waals surface area contributed by atoms with Crippen molar-refractivity contribution in [1.82, 2.24) is 10.6 Å². The Kier molecular flexibility index (Phi) is 8.28. The fourth-order valence-electron chi connectivity index (χ4n) is 1.39. The maximum absolute atomic E-state index is 11.7. The molecule has 0 saturated heterocycles. The van der Waals surface area contributed by atoms with Crippen LogP contribution in [0.25, 0.3) is 0 Å². The van der Waals surface area contributed by atoms with Crippen molar-refractivity contribution in [2.45, 2.75) is 46.1 Å². The molecule has 0 radical (unpaired) electrons. The molecule has 2 amide bonds. The zero-order valence-electron chi connectivity index (χ0n) is 11.3. The van der Waals surface area contributed by atoms with Crippen molar-refractivity contribution >= 4 is 29.0 Å². The van der Waals surface area contributed by atoms with Crippen LogP contribution in [-0.2, 0) is 9.59 Å². The van der Waals surface area contributed by atoms with Crippen molar-refractivity contribution in [3.05, 3.63) is 0 Å². The number of rotatable bonds is 8. The van der Waals surface area contributed by atoms with Crippen LogP contribution in [0, 0.1) is 5.92 Å². The van der Waals surface area contributed by atoms with E-state index in [0.717, 1.165) is 6.42 Å². The summed E-state index contributed by atoms with van der Waals surface area (Å²) < 4.78 is 0. The first-order valence-electron chi connectivity index (χ1n) is 6.28. The van der Waals surface area contributed by atoms with E-state index in [1.165, 1.54) is 0 Å². The maximum Gasteiger partial charge on any atom is 0.229 e. The number of nitrogens with two attached hydrogens (primary N) is 1. The van der Waals surface area contributed by atoms with E-state index in [2.05, 4.69) is 10.6 Å². The van der Waals surface area contributed by atoms with Crippen LogP contribution in [0.3, 0.4) is 0 Å². The number of amides is 2. The lowest BCUT2D eigenvalue weighted by atomic mass is 10.1. The Morgan fingerprint density at radius 3 is 2.33 bits per heavy atom. The second kappa shape index (κ2) is 8.85. The van der Waals surface area contributed by atoms with E-state index in [1.54, 1.807) is 0 Å². The van der Waals surface area contributed by atoms with E-state index >= 15 is 0 Å². The topological polar surface area (TPSA) is 84.2 Å². The number of carbonyl (C=O) groups excluding carboxylic acids is 2. The lowest BCUT2D eigenvalue weighted by Crippen LogP contribution is -2.40. The molecule has 0 rings (SSSR count). The van der Waals surface area contributed by atoms with Crippen molar-refractivity contribution in [3.63, 3.8) is 0 Å². The molecule has 0 aliphatic carbocycles. The summed E-state index contributed by atoms with van der Waals surface area (Å²) in [6.07, 6.45) is 1.72.